The van der Waals surface area contributed by atoms with Gasteiger partial charge in [-0.15, -0.1) is 0 Å². The molecule has 0 radical (unpaired) electrons. The summed E-state index contributed by atoms with van der Waals surface area (Å²) in [7, 11) is 0. The highest BCUT2D eigenvalue weighted by atomic mass is 16.5. The number of nitrogens with two attached hydrogens (primary N) is 1. The van der Waals surface area contributed by atoms with Crippen LogP contribution in [0.3, 0.4) is 0 Å². The molecule has 0 aliphatic carbocycles. The van der Waals surface area contributed by atoms with Crippen molar-refractivity contribution in [2.75, 3.05) is 26.2 Å². The molecule has 2 aliphatic heterocycles. The third kappa shape index (κ3) is 1.87. The van der Waals surface area contributed by atoms with Gasteiger partial charge in [0.25, 0.3) is 0 Å². The molecule has 3 rings (SSSR count). The van der Waals surface area contributed by atoms with Crippen LogP contribution in [0.15, 0.2) is 30.3 Å². The summed E-state index contributed by atoms with van der Waals surface area (Å²) >= 11 is 0. The molecule has 0 amide bonds. The van der Waals surface area contributed by atoms with Crippen molar-refractivity contribution in [3.05, 3.63) is 35.9 Å². The standard InChI is InChI=1S/C15H22N2O/c1-12(13-5-3-2-4-6-13)17-9-14-7-8-18-15(14,10-16)11-17/h2-6,12,14H,7-11,16H2,1H3/t12?,14?,15-/m0/s1. The average Bonchev–Trinajstić information content (AvgIpc) is 2.95. The minimum absolute atomic E-state index is 0.0664. The first-order valence-electron chi connectivity index (χ1n) is 6.88. The summed E-state index contributed by atoms with van der Waals surface area (Å²) in [4.78, 5) is 2.52. The van der Waals surface area contributed by atoms with Crippen LogP contribution in [0.2, 0.25) is 0 Å². The van der Waals surface area contributed by atoms with Gasteiger partial charge in [0.15, 0.2) is 0 Å². The third-order valence-corrected chi connectivity index (χ3v) is 4.70. The molecule has 2 heterocycles. The Bertz CT molecular complexity index is 408. The van der Waals surface area contributed by atoms with Crippen molar-refractivity contribution in [1.29, 1.82) is 0 Å². The van der Waals surface area contributed by atoms with Gasteiger partial charge in [-0.2, -0.15) is 0 Å². The highest BCUT2D eigenvalue weighted by Gasteiger charge is 2.50. The molecule has 2 saturated heterocycles. The normalized spacial score (nSPS) is 33.6. The molecule has 3 heteroatoms. The zero-order chi connectivity index (χ0) is 12.6. The van der Waals surface area contributed by atoms with Crippen molar-refractivity contribution in [2.24, 2.45) is 11.7 Å². The first-order chi connectivity index (χ1) is 8.75. The molecule has 0 aromatic heterocycles. The molecule has 0 saturated carbocycles. The maximum atomic E-state index is 5.96. The average molecular weight is 246 g/mol. The Kier molecular flexibility index (Phi) is 3.14. The van der Waals surface area contributed by atoms with Crippen LogP contribution in [0.1, 0.15) is 24.9 Å². The van der Waals surface area contributed by atoms with Gasteiger partial charge in [-0.1, -0.05) is 30.3 Å². The molecule has 18 heavy (non-hydrogen) atoms. The van der Waals surface area contributed by atoms with E-state index >= 15 is 0 Å². The number of nitrogens with zero attached hydrogens (tertiary/aromatic N) is 1. The first kappa shape index (κ1) is 12.2. The fourth-order valence-electron chi connectivity index (χ4n) is 3.44. The van der Waals surface area contributed by atoms with Gasteiger partial charge in [0.1, 0.15) is 0 Å². The number of ether oxygens (including phenoxy) is 1. The van der Waals surface area contributed by atoms with Crippen LogP contribution >= 0.6 is 0 Å². The predicted octanol–water partition coefficient (Wildman–Crippen LogP) is 1.80. The number of likely N-dealkylation sites (tertiary alicyclic amines) is 1. The lowest BCUT2D eigenvalue weighted by Crippen LogP contribution is -2.44. The van der Waals surface area contributed by atoms with Crippen molar-refractivity contribution in [1.82, 2.24) is 4.90 Å². The monoisotopic (exact) mass is 246 g/mol. The van der Waals surface area contributed by atoms with E-state index in [1.165, 1.54) is 5.56 Å². The number of hydrogen-bond acceptors (Lipinski definition) is 3. The Morgan fingerprint density at radius 1 is 1.44 bits per heavy atom. The van der Waals surface area contributed by atoms with Crippen molar-refractivity contribution in [3.8, 4) is 0 Å². The highest BCUT2D eigenvalue weighted by molar-refractivity contribution is 5.19. The quantitative estimate of drug-likeness (QED) is 0.884. The number of hydrogen-bond donors (Lipinski definition) is 1. The summed E-state index contributed by atoms with van der Waals surface area (Å²) in [6.07, 6.45) is 1.16. The van der Waals surface area contributed by atoms with Gasteiger partial charge < -0.3 is 10.5 Å². The van der Waals surface area contributed by atoms with E-state index in [9.17, 15) is 0 Å². The van der Waals surface area contributed by atoms with Gasteiger partial charge in [0.05, 0.1) is 5.60 Å². The predicted molar refractivity (Wildman–Crippen MR) is 72.3 cm³/mol. The van der Waals surface area contributed by atoms with Crippen molar-refractivity contribution in [3.63, 3.8) is 0 Å². The zero-order valence-corrected chi connectivity index (χ0v) is 11.0. The maximum Gasteiger partial charge on any atom is 0.0971 e. The Morgan fingerprint density at radius 2 is 2.22 bits per heavy atom. The van der Waals surface area contributed by atoms with Crippen molar-refractivity contribution in [2.45, 2.75) is 25.0 Å². The van der Waals surface area contributed by atoms with E-state index < -0.39 is 0 Å². The third-order valence-electron chi connectivity index (χ3n) is 4.70. The summed E-state index contributed by atoms with van der Waals surface area (Å²) in [6, 6.07) is 11.1. The highest BCUT2D eigenvalue weighted by Crippen LogP contribution is 2.41. The molecule has 0 bridgehead atoms. The molecule has 1 aromatic carbocycles. The Labute approximate surface area is 109 Å². The van der Waals surface area contributed by atoms with Gasteiger partial charge >= 0.3 is 0 Å². The van der Waals surface area contributed by atoms with Gasteiger partial charge in [-0.05, 0) is 18.9 Å². The lowest BCUT2D eigenvalue weighted by atomic mass is 9.91. The first-order valence-corrected chi connectivity index (χ1v) is 6.88. The minimum Gasteiger partial charge on any atom is -0.372 e. The smallest absolute Gasteiger partial charge is 0.0971 e. The van der Waals surface area contributed by atoms with E-state index in [0.29, 0.717) is 18.5 Å². The molecule has 3 atom stereocenters. The Hall–Kier alpha value is -0.900. The van der Waals surface area contributed by atoms with Gasteiger partial charge in [-0.3, -0.25) is 4.90 Å². The lowest BCUT2D eigenvalue weighted by Gasteiger charge is -2.29. The van der Waals surface area contributed by atoms with E-state index in [0.717, 1.165) is 26.1 Å². The summed E-state index contributed by atoms with van der Waals surface area (Å²) in [5.41, 5.74) is 7.27. The zero-order valence-electron chi connectivity index (χ0n) is 11.0. The van der Waals surface area contributed by atoms with Gasteiger partial charge in [-0.25, -0.2) is 0 Å². The van der Waals surface area contributed by atoms with E-state index in [4.69, 9.17) is 10.5 Å². The number of fused-ring (bicyclic) bond motifs is 1. The molecule has 2 unspecified atom stereocenters. The second-order valence-corrected chi connectivity index (χ2v) is 5.62. The van der Waals surface area contributed by atoms with Gasteiger partial charge in [0, 0.05) is 38.2 Å². The van der Waals surface area contributed by atoms with E-state index in [2.05, 4.69) is 42.2 Å². The summed E-state index contributed by atoms with van der Waals surface area (Å²) < 4.78 is 5.96. The van der Waals surface area contributed by atoms with Crippen LogP contribution < -0.4 is 5.73 Å². The molecule has 2 aliphatic rings. The van der Waals surface area contributed by atoms with Crippen LogP contribution in [0, 0.1) is 5.92 Å². The molecular weight excluding hydrogens is 224 g/mol. The van der Waals surface area contributed by atoms with Crippen LogP contribution in [-0.4, -0.2) is 36.7 Å². The second kappa shape index (κ2) is 4.65. The molecule has 1 aromatic rings. The van der Waals surface area contributed by atoms with E-state index in [1.807, 2.05) is 0 Å². The largest absolute Gasteiger partial charge is 0.372 e. The molecule has 3 nitrogen and oxygen atoms in total. The molecule has 0 spiro atoms. The lowest BCUT2D eigenvalue weighted by molar-refractivity contribution is -0.000842. The van der Waals surface area contributed by atoms with Crippen LogP contribution in [-0.2, 0) is 4.74 Å². The number of rotatable bonds is 3. The van der Waals surface area contributed by atoms with Crippen LogP contribution in [0.4, 0.5) is 0 Å². The summed E-state index contributed by atoms with van der Waals surface area (Å²) in [5, 5.41) is 0. The Morgan fingerprint density at radius 3 is 2.89 bits per heavy atom. The van der Waals surface area contributed by atoms with Crippen molar-refractivity contribution < 1.29 is 4.74 Å². The van der Waals surface area contributed by atoms with E-state index in [1.54, 1.807) is 0 Å². The summed E-state index contributed by atoms with van der Waals surface area (Å²) in [6.45, 7) is 5.91. The molecule has 2 fully saturated rings. The van der Waals surface area contributed by atoms with Crippen LogP contribution in [0.5, 0.6) is 0 Å². The van der Waals surface area contributed by atoms with Gasteiger partial charge in [0.2, 0.25) is 0 Å². The topological polar surface area (TPSA) is 38.5 Å². The van der Waals surface area contributed by atoms with Crippen molar-refractivity contribution >= 4 is 0 Å². The molecule has 2 N–H and O–H groups in total. The van der Waals surface area contributed by atoms with E-state index in [-0.39, 0.29) is 5.60 Å². The molecular formula is C15H22N2O. The fourth-order valence-corrected chi connectivity index (χ4v) is 3.44. The maximum absolute atomic E-state index is 5.96. The second-order valence-electron chi connectivity index (χ2n) is 5.62. The minimum atomic E-state index is -0.0664. The summed E-state index contributed by atoms with van der Waals surface area (Å²) in [5.74, 6) is 0.619. The van der Waals surface area contributed by atoms with Crippen LogP contribution in [0.25, 0.3) is 0 Å². The number of benzene rings is 1. The Balaban J connectivity index is 1.76. The molecule has 98 valence electrons. The fraction of sp³-hybridized carbons (Fsp3) is 0.600. The SMILES string of the molecule is CC(c1ccccc1)N1CC2CCO[C@@]2(CN)C1.